The molecule has 10 rings (SSSR count). The van der Waals surface area contributed by atoms with Crippen molar-refractivity contribution in [3.63, 3.8) is 0 Å². The molecular formula is C39H20Br2O. The molecule has 0 radical (unpaired) electrons. The Labute approximate surface area is 258 Å². The molecule has 7 aromatic rings. The second-order valence-electron chi connectivity index (χ2n) is 11.5. The number of para-hydroxylation sites is 1. The molecular weight excluding hydrogens is 644 g/mol. The summed E-state index contributed by atoms with van der Waals surface area (Å²) in [5.74, 6) is 0. The number of benzene rings is 6. The van der Waals surface area contributed by atoms with E-state index in [-0.39, 0.29) is 0 Å². The van der Waals surface area contributed by atoms with Gasteiger partial charge in [0, 0.05) is 30.9 Å². The molecule has 0 unspecified atom stereocenters. The van der Waals surface area contributed by atoms with Crippen molar-refractivity contribution in [2.45, 2.75) is 5.41 Å². The Balaban J connectivity index is 1.43. The van der Waals surface area contributed by atoms with E-state index in [9.17, 15) is 0 Å². The van der Waals surface area contributed by atoms with Crippen molar-refractivity contribution >= 4 is 76.7 Å². The topological polar surface area (TPSA) is 13.1 Å². The summed E-state index contributed by atoms with van der Waals surface area (Å²) in [5.41, 5.74) is 11.7. The first kappa shape index (κ1) is 23.4. The minimum atomic E-state index is -0.422. The van der Waals surface area contributed by atoms with Gasteiger partial charge in [-0.15, -0.1) is 0 Å². The van der Waals surface area contributed by atoms with Gasteiger partial charge in [-0.25, -0.2) is 0 Å². The van der Waals surface area contributed by atoms with E-state index >= 15 is 0 Å². The lowest BCUT2D eigenvalue weighted by atomic mass is 9.68. The number of halogens is 2. The van der Waals surface area contributed by atoms with Crippen molar-refractivity contribution in [3.05, 3.63) is 151 Å². The largest absolute Gasteiger partial charge is 0.455 e. The summed E-state index contributed by atoms with van der Waals surface area (Å²) in [6.45, 7) is 0. The van der Waals surface area contributed by atoms with Gasteiger partial charge in [-0.3, -0.25) is 0 Å². The van der Waals surface area contributed by atoms with Gasteiger partial charge in [0.2, 0.25) is 0 Å². The number of hydrogen-bond acceptors (Lipinski definition) is 1. The predicted molar refractivity (Wildman–Crippen MR) is 180 cm³/mol. The number of allylic oxidation sites excluding steroid dienone is 2. The van der Waals surface area contributed by atoms with Crippen LogP contribution in [-0.4, -0.2) is 0 Å². The molecule has 1 nitrogen and oxygen atoms in total. The molecule has 0 bridgehead atoms. The maximum atomic E-state index is 6.62. The van der Waals surface area contributed by atoms with E-state index in [0.717, 1.165) is 30.9 Å². The van der Waals surface area contributed by atoms with Gasteiger partial charge in [0.25, 0.3) is 0 Å². The van der Waals surface area contributed by atoms with Gasteiger partial charge in [-0.05, 0) is 91.0 Å². The van der Waals surface area contributed by atoms with Crippen LogP contribution in [0.4, 0.5) is 0 Å². The predicted octanol–water partition coefficient (Wildman–Crippen LogP) is 9.70. The molecule has 1 spiro atoms. The second kappa shape index (κ2) is 8.01. The quantitative estimate of drug-likeness (QED) is 0.157. The molecule has 0 saturated carbocycles. The standard InChI is InChI=1S/C39H20Br2O/c40-22-14-16-27-30(18-22)36-29(17-21-13-15-28-26-9-3-6-12-34(26)42-38(28)35(21)36)31-19-23(41)20-39(37(27)31)32-10-4-1-7-24(32)25-8-2-5-11-33(25)39/h1-20H. The monoisotopic (exact) mass is 662 g/mol. The number of rotatable bonds is 0. The zero-order valence-electron chi connectivity index (χ0n) is 22.2. The van der Waals surface area contributed by atoms with E-state index in [2.05, 4.69) is 147 Å². The van der Waals surface area contributed by atoms with E-state index in [1.807, 2.05) is 6.07 Å². The van der Waals surface area contributed by atoms with Crippen LogP contribution in [-0.2, 0) is 5.41 Å². The Morgan fingerprint density at radius 2 is 1.29 bits per heavy atom. The zero-order chi connectivity index (χ0) is 27.7. The van der Waals surface area contributed by atoms with Crippen LogP contribution in [0.15, 0.2) is 123 Å². The molecule has 6 aromatic carbocycles. The van der Waals surface area contributed by atoms with Crippen LogP contribution in [0.25, 0.3) is 67.1 Å². The lowest BCUT2D eigenvalue weighted by Crippen LogP contribution is -2.41. The Morgan fingerprint density at radius 3 is 2.10 bits per heavy atom. The lowest BCUT2D eigenvalue weighted by Gasteiger charge is -2.34. The zero-order valence-corrected chi connectivity index (χ0v) is 25.4. The fourth-order valence-corrected chi connectivity index (χ4v) is 8.92. The molecule has 0 atom stereocenters. The summed E-state index contributed by atoms with van der Waals surface area (Å²) in [6, 6.07) is 37.5. The third-order valence-electron chi connectivity index (χ3n) is 9.50. The van der Waals surface area contributed by atoms with Gasteiger partial charge in [-0.1, -0.05) is 117 Å². The van der Waals surface area contributed by atoms with Gasteiger partial charge in [0.15, 0.2) is 0 Å². The van der Waals surface area contributed by atoms with Crippen LogP contribution in [0.1, 0.15) is 22.3 Å². The van der Waals surface area contributed by atoms with Crippen LogP contribution in [0.3, 0.4) is 0 Å². The van der Waals surface area contributed by atoms with E-state index in [0.29, 0.717) is 0 Å². The lowest BCUT2D eigenvalue weighted by molar-refractivity contribution is 0.670. The summed E-state index contributed by atoms with van der Waals surface area (Å²) in [4.78, 5) is 0. The average molecular weight is 664 g/mol. The van der Waals surface area contributed by atoms with Crippen molar-refractivity contribution in [2.24, 2.45) is 0 Å². The van der Waals surface area contributed by atoms with Gasteiger partial charge < -0.3 is 4.42 Å². The minimum Gasteiger partial charge on any atom is -0.455 e. The Kier molecular flexibility index (Phi) is 4.46. The van der Waals surface area contributed by atoms with Crippen LogP contribution in [0.5, 0.6) is 0 Å². The molecule has 0 saturated heterocycles. The Morgan fingerprint density at radius 1 is 0.571 bits per heavy atom. The highest BCUT2D eigenvalue weighted by molar-refractivity contribution is 9.12. The van der Waals surface area contributed by atoms with Crippen LogP contribution >= 0.6 is 31.9 Å². The highest BCUT2D eigenvalue weighted by atomic mass is 79.9. The molecule has 3 aliphatic rings. The second-order valence-corrected chi connectivity index (χ2v) is 13.3. The fourth-order valence-electron chi connectivity index (χ4n) is 7.98. The summed E-state index contributed by atoms with van der Waals surface area (Å²) in [6.07, 6.45) is 7.12. The number of hydrogen-bond donors (Lipinski definition) is 0. The van der Waals surface area contributed by atoms with Gasteiger partial charge in [0.1, 0.15) is 11.2 Å². The number of fused-ring (bicyclic) bond motifs is 18. The van der Waals surface area contributed by atoms with Crippen molar-refractivity contribution < 1.29 is 4.42 Å². The van der Waals surface area contributed by atoms with Crippen LogP contribution in [0, 0.1) is 0 Å². The Hall–Kier alpha value is -4.18. The molecule has 1 aromatic heterocycles. The van der Waals surface area contributed by atoms with E-state index in [1.54, 1.807) is 0 Å². The van der Waals surface area contributed by atoms with Crippen molar-refractivity contribution in [1.29, 1.82) is 0 Å². The van der Waals surface area contributed by atoms with Gasteiger partial charge in [0.05, 0.1) is 5.41 Å². The van der Waals surface area contributed by atoms with Gasteiger partial charge >= 0.3 is 0 Å². The first-order valence-corrected chi connectivity index (χ1v) is 15.7. The number of furan rings is 1. The third kappa shape index (κ3) is 2.74. The SMILES string of the molecule is BrC1=CC2(c3ccccc3-c3ccccc32)c2c(c3c(c4cc(Br)ccc24)-c2c(ccc4c2oc2ccccc24)C=3)=C1. The van der Waals surface area contributed by atoms with Crippen LogP contribution < -0.4 is 10.4 Å². The highest BCUT2D eigenvalue weighted by Gasteiger charge is 2.46. The molecule has 1 heterocycles. The molecule has 42 heavy (non-hydrogen) atoms. The molecule has 3 heteroatoms. The smallest absolute Gasteiger partial charge is 0.143 e. The molecule has 3 aliphatic carbocycles. The van der Waals surface area contributed by atoms with Crippen molar-refractivity contribution in [1.82, 2.24) is 0 Å². The minimum absolute atomic E-state index is 0.422. The fraction of sp³-hybridized carbons (Fsp3) is 0.0256. The molecule has 0 amide bonds. The van der Waals surface area contributed by atoms with Crippen molar-refractivity contribution in [3.8, 4) is 22.3 Å². The van der Waals surface area contributed by atoms with E-state index in [4.69, 9.17) is 4.42 Å². The summed E-state index contributed by atoms with van der Waals surface area (Å²) in [7, 11) is 0. The maximum Gasteiger partial charge on any atom is 0.143 e. The summed E-state index contributed by atoms with van der Waals surface area (Å²) in [5, 5.41) is 7.34. The average Bonchev–Trinajstić information content (AvgIpc) is 3.67. The summed E-state index contributed by atoms with van der Waals surface area (Å²) >= 11 is 7.82. The first-order chi connectivity index (χ1) is 20.6. The van der Waals surface area contributed by atoms with Gasteiger partial charge in [-0.2, -0.15) is 0 Å². The third-order valence-corrected chi connectivity index (χ3v) is 10.5. The first-order valence-electron chi connectivity index (χ1n) is 14.1. The normalized spacial score (nSPS) is 15.1. The summed E-state index contributed by atoms with van der Waals surface area (Å²) < 4.78 is 8.79. The highest BCUT2D eigenvalue weighted by Crippen LogP contribution is 2.56. The van der Waals surface area contributed by atoms with Crippen LogP contribution in [0.2, 0.25) is 0 Å². The Bertz CT molecular complexity index is 2500. The molecule has 0 aliphatic heterocycles. The molecule has 196 valence electrons. The maximum absolute atomic E-state index is 6.62. The van der Waals surface area contributed by atoms with E-state index in [1.165, 1.54) is 65.7 Å². The van der Waals surface area contributed by atoms with E-state index < -0.39 is 5.41 Å². The molecule has 0 fully saturated rings. The molecule has 0 N–H and O–H groups in total. The van der Waals surface area contributed by atoms with Crippen molar-refractivity contribution in [2.75, 3.05) is 0 Å².